The maximum absolute atomic E-state index is 12.3. The molecular formula is C16H16BrN5OS2. The normalized spacial score (nSPS) is 11.1. The Morgan fingerprint density at radius 3 is 2.88 bits per heavy atom. The molecule has 0 spiro atoms. The van der Waals surface area contributed by atoms with Gasteiger partial charge in [-0.25, -0.2) is 0 Å². The lowest BCUT2D eigenvalue weighted by Gasteiger charge is -2.14. The van der Waals surface area contributed by atoms with Gasteiger partial charge in [-0.2, -0.15) is 14.6 Å². The summed E-state index contributed by atoms with van der Waals surface area (Å²) in [5.74, 6) is 0.352. The van der Waals surface area contributed by atoms with E-state index in [4.69, 9.17) is 0 Å². The summed E-state index contributed by atoms with van der Waals surface area (Å²) in [6, 6.07) is 7.57. The van der Waals surface area contributed by atoms with Crippen LogP contribution in [0.15, 0.2) is 33.4 Å². The van der Waals surface area contributed by atoms with E-state index in [-0.39, 0.29) is 5.57 Å². The third-order valence-corrected chi connectivity index (χ3v) is 5.14. The number of aromatic nitrogens is 2. The number of hydrogen-bond donors (Lipinski definition) is 1. The van der Waals surface area contributed by atoms with E-state index in [0.717, 1.165) is 33.0 Å². The van der Waals surface area contributed by atoms with Crippen molar-refractivity contribution >= 4 is 62.0 Å². The largest absolute Gasteiger partial charge is 0.377 e. The molecule has 0 atom stereocenters. The second kappa shape index (κ2) is 8.99. The lowest BCUT2D eigenvalue weighted by molar-refractivity contribution is -0.112. The number of benzene rings is 1. The molecule has 1 aromatic heterocycles. The summed E-state index contributed by atoms with van der Waals surface area (Å²) in [6.07, 6.45) is 1.54. The minimum atomic E-state index is -0.500. The summed E-state index contributed by atoms with van der Waals surface area (Å²) in [7, 11) is 3.88. The third kappa shape index (κ3) is 5.29. The van der Waals surface area contributed by atoms with Gasteiger partial charge in [-0.3, -0.25) is 10.1 Å². The molecule has 0 bridgehead atoms. The van der Waals surface area contributed by atoms with Gasteiger partial charge in [0.2, 0.25) is 10.3 Å². The zero-order chi connectivity index (χ0) is 18.4. The van der Waals surface area contributed by atoms with Crippen LogP contribution in [-0.2, 0) is 4.79 Å². The summed E-state index contributed by atoms with van der Waals surface area (Å²) in [5.41, 5.74) is 1.77. The fraction of sp³-hybridized carbons (Fsp3) is 0.250. The lowest BCUT2D eigenvalue weighted by Crippen LogP contribution is -2.13. The summed E-state index contributed by atoms with van der Waals surface area (Å²) < 4.78 is 5.02. The van der Waals surface area contributed by atoms with E-state index in [1.54, 1.807) is 6.08 Å². The minimum absolute atomic E-state index is 0.00407. The first-order valence-electron chi connectivity index (χ1n) is 7.31. The molecule has 1 amide bonds. The molecule has 9 heteroatoms. The van der Waals surface area contributed by atoms with E-state index in [1.807, 2.05) is 50.2 Å². The van der Waals surface area contributed by atoms with Gasteiger partial charge in [0.15, 0.2) is 0 Å². The summed E-state index contributed by atoms with van der Waals surface area (Å²) >= 11 is 6.08. The SMILES string of the molecule is CCSc1nsc(NC(=O)/C(C#N)=C\c2ccc(N(C)C)c(Br)c2)n1. The molecule has 0 unspecified atom stereocenters. The molecule has 2 aromatic rings. The monoisotopic (exact) mass is 437 g/mol. The highest BCUT2D eigenvalue weighted by molar-refractivity contribution is 9.10. The van der Waals surface area contributed by atoms with Crippen molar-refractivity contribution in [2.24, 2.45) is 0 Å². The van der Waals surface area contributed by atoms with Crippen LogP contribution in [0.25, 0.3) is 6.08 Å². The number of nitrogens with zero attached hydrogens (tertiary/aromatic N) is 4. The van der Waals surface area contributed by atoms with Crippen molar-refractivity contribution in [1.29, 1.82) is 5.26 Å². The number of hydrogen-bond acceptors (Lipinski definition) is 7. The highest BCUT2D eigenvalue weighted by Gasteiger charge is 2.13. The minimum Gasteiger partial charge on any atom is -0.377 e. The number of carbonyl (C=O) groups excluding carboxylic acids is 1. The van der Waals surface area contributed by atoms with Gasteiger partial charge in [0.1, 0.15) is 11.6 Å². The topological polar surface area (TPSA) is 81.9 Å². The molecule has 130 valence electrons. The lowest BCUT2D eigenvalue weighted by atomic mass is 10.1. The van der Waals surface area contributed by atoms with E-state index in [0.29, 0.717) is 10.3 Å². The summed E-state index contributed by atoms with van der Waals surface area (Å²) in [6.45, 7) is 2.00. The zero-order valence-electron chi connectivity index (χ0n) is 13.9. The molecule has 2 rings (SSSR count). The maximum Gasteiger partial charge on any atom is 0.268 e. The molecule has 0 aliphatic rings. The van der Waals surface area contributed by atoms with E-state index in [9.17, 15) is 10.1 Å². The van der Waals surface area contributed by atoms with E-state index >= 15 is 0 Å². The van der Waals surface area contributed by atoms with Crippen molar-refractivity contribution in [2.75, 3.05) is 30.1 Å². The molecule has 0 saturated carbocycles. The van der Waals surface area contributed by atoms with Crippen LogP contribution in [0.5, 0.6) is 0 Å². The average molecular weight is 438 g/mol. The Morgan fingerprint density at radius 1 is 1.52 bits per heavy atom. The van der Waals surface area contributed by atoms with Gasteiger partial charge in [0.25, 0.3) is 5.91 Å². The van der Waals surface area contributed by atoms with Crippen LogP contribution in [0, 0.1) is 11.3 Å². The van der Waals surface area contributed by atoms with Crippen molar-refractivity contribution in [2.45, 2.75) is 12.1 Å². The van der Waals surface area contributed by atoms with Gasteiger partial charge in [-0.1, -0.05) is 24.8 Å². The van der Waals surface area contributed by atoms with Crippen LogP contribution in [0.2, 0.25) is 0 Å². The number of halogens is 1. The van der Waals surface area contributed by atoms with Crippen molar-refractivity contribution < 1.29 is 4.79 Å². The number of rotatable bonds is 6. The number of amides is 1. The smallest absolute Gasteiger partial charge is 0.268 e. The molecule has 0 radical (unpaired) electrons. The highest BCUT2D eigenvalue weighted by Crippen LogP contribution is 2.27. The number of nitrogens with one attached hydrogen (secondary N) is 1. The molecule has 0 aliphatic heterocycles. The first-order chi connectivity index (χ1) is 11.9. The molecular weight excluding hydrogens is 422 g/mol. The number of thioether (sulfide) groups is 1. The van der Waals surface area contributed by atoms with Crippen molar-refractivity contribution in [1.82, 2.24) is 9.36 Å². The Labute approximate surface area is 163 Å². The molecule has 6 nitrogen and oxygen atoms in total. The zero-order valence-corrected chi connectivity index (χ0v) is 17.1. The Kier molecular flexibility index (Phi) is 6.99. The standard InChI is InChI=1S/C16H16BrN5OS2/c1-4-24-16-20-15(25-21-16)19-14(23)11(9-18)7-10-5-6-13(22(2)3)12(17)8-10/h5-8H,4H2,1-3H3,(H,19,20,21,23)/b11-7-. The van der Waals surface area contributed by atoms with Gasteiger partial charge >= 0.3 is 0 Å². The number of nitriles is 1. The molecule has 1 heterocycles. The fourth-order valence-corrected chi connectivity index (χ4v) is 3.92. The van der Waals surface area contributed by atoms with E-state index in [1.165, 1.54) is 11.8 Å². The first kappa shape index (κ1) is 19.4. The van der Waals surface area contributed by atoms with Gasteiger partial charge in [0, 0.05) is 30.1 Å². The second-order valence-electron chi connectivity index (χ2n) is 5.04. The van der Waals surface area contributed by atoms with Gasteiger partial charge < -0.3 is 4.90 Å². The first-order valence-corrected chi connectivity index (χ1v) is 9.86. The van der Waals surface area contributed by atoms with Crippen LogP contribution >= 0.6 is 39.2 Å². The Balaban J connectivity index is 2.17. The quantitative estimate of drug-likeness (QED) is 0.417. The fourth-order valence-electron chi connectivity index (χ4n) is 1.90. The second-order valence-corrected chi connectivity index (χ2v) is 7.88. The van der Waals surface area contributed by atoms with Crippen LogP contribution in [0.1, 0.15) is 12.5 Å². The third-order valence-electron chi connectivity index (χ3n) is 3.03. The van der Waals surface area contributed by atoms with Crippen LogP contribution in [-0.4, -0.2) is 35.1 Å². The van der Waals surface area contributed by atoms with E-state index in [2.05, 4.69) is 30.6 Å². The predicted octanol–water partition coefficient (Wildman–Crippen LogP) is 4.02. The number of anilines is 2. The summed E-state index contributed by atoms with van der Waals surface area (Å²) in [4.78, 5) is 18.5. The van der Waals surface area contributed by atoms with Crippen LogP contribution in [0.4, 0.5) is 10.8 Å². The maximum atomic E-state index is 12.3. The van der Waals surface area contributed by atoms with Crippen molar-refractivity contribution in [3.8, 4) is 6.07 Å². The predicted molar refractivity (Wildman–Crippen MR) is 107 cm³/mol. The van der Waals surface area contributed by atoms with Crippen LogP contribution < -0.4 is 10.2 Å². The molecule has 0 aliphatic carbocycles. The van der Waals surface area contributed by atoms with Gasteiger partial charge in [-0.05, 0) is 45.5 Å². The van der Waals surface area contributed by atoms with E-state index < -0.39 is 5.91 Å². The molecule has 1 N–H and O–H groups in total. The summed E-state index contributed by atoms with van der Waals surface area (Å²) in [5, 5.41) is 12.9. The highest BCUT2D eigenvalue weighted by atomic mass is 79.9. The number of carbonyl (C=O) groups is 1. The average Bonchev–Trinajstić information content (AvgIpc) is 2.99. The van der Waals surface area contributed by atoms with Crippen LogP contribution in [0.3, 0.4) is 0 Å². The molecule has 1 aromatic carbocycles. The van der Waals surface area contributed by atoms with Crippen molar-refractivity contribution in [3.05, 3.63) is 33.8 Å². The Bertz CT molecular complexity index is 841. The molecule has 0 saturated heterocycles. The van der Waals surface area contributed by atoms with Gasteiger partial charge in [0.05, 0.1) is 5.69 Å². The Morgan fingerprint density at radius 2 is 2.28 bits per heavy atom. The molecule has 25 heavy (non-hydrogen) atoms. The van der Waals surface area contributed by atoms with Crippen molar-refractivity contribution in [3.63, 3.8) is 0 Å². The van der Waals surface area contributed by atoms with Gasteiger partial charge in [-0.15, -0.1) is 0 Å². The molecule has 0 fully saturated rings. The Hall–Kier alpha value is -1.89.